The van der Waals surface area contributed by atoms with Crippen molar-refractivity contribution in [3.05, 3.63) is 29.3 Å². The van der Waals surface area contributed by atoms with E-state index < -0.39 is 23.5 Å². The van der Waals surface area contributed by atoms with Crippen LogP contribution in [0, 0.1) is 13.8 Å². The number of ether oxygens (including phenoxy) is 1. The molecule has 0 unspecified atom stereocenters. The van der Waals surface area contributed by atoms with E-state index in [1.54, 1.807) is 32.9 Å². The Hall–Kier alpha value is -3.23. The monoisotopic (exact) mass is 348 g/mol. The minimum absolute atomic E-state index is 0.0790. The maximum Gasteiger partial charge on any atom is 0.362 e. The molecule has 9 heteroatoms. The molecule has 9 nitrogen and oxygen atoms in total. The van der Waals surface area contributed by atoms with Gasteiger partial charge in [0.1, 0.15) is 0 Å². The fourth-order valence-corrected chi connectivity index (χ4v) is 1.88. The molecule has 0 heterocycles. The van der Waals surface area contributed by atoms with Gasteiger partial charge >= 0.3 is 17.8 Å². The molecule has 1 aromatic rings. The molecule has 0 aromatic heterocycles. The van der Waals surface area contributed by atoms with Gasteiger partial charge < -0.3 is 15.3 Å². The van der Waals surface area contributed by atoms with Crippen molar-refractivity contribution < 1.29 is 24.3 Å². The molecular weight excluding hydrogens is 328 g/mol. The van der Waals surface area contributed by atoms with Crippen LogP contribution in [0.3, 0.4) is 0 Å². The average Bonchev–Trinajstić information content (AvgIpc) is 2.56. The first-order valence-electron chi connectivity index (χ1n) is 7.43. The van der Waals surface area contributed by atoms with Gasteiger partial charge in [-0.15, -0.1) is 0 Å². The summed E-state index contributed by atoms with van der Waals surface area (Å²) in [6, 6.07) is 5.43. The maximum atomic E-state index is 11.9. The number of hydrogen-bond acceptors (Lipinski definition) is 7. The summed E-state index contributed by atoms with van der Waals surface area (Å²) < 4.78 is 4.67. The SMILES string of the molecule is CCOC(=O)C(=N\O)/C(C)=N/NC(=O)C(=O)Nc1c(C)cccc1C. The van der Waals surface area contributed by atoms with Gasteiger partial charge in [0, 0.05) is 5.69 Å². The Morgan fingerprint density at radius 1 is 1.16 bits per heavy atom. The summed E-state index contributed by atoms with van der Waals surface area (Å²) in [5.74, 6) is -2.86. The van der Waals surface area contributed by atoms with Crippen molar-refractivity contribution in [1.29, 1.82) is 0 Å². The molecule has 0 aliphatic heterocycles. The molecule has 0 bridgehead atoms. The van der Waals surface area contributed by atoms with Crippen LogP contribution in [0.25, 0.3) is 0 Å². The smallest absolute Gasteiger partial charge is 0.362 e. The van der Waals surface area contributed by atoms with Gasteiger partial charge in [-0.25, -0.2) is 10.2 Å². The molecule has 25 heavy (non-hydrogen) atoms. The van der Waals surface area contributed by atoms with E-state index in [9.17, 15) is 14.4 Å². The van der Waals surface area contributed by atoms with Crippen molar-refractivity contribution in [2.24, 2.45) is 10.3 Å². The normalized spacial score (nSPS) is 11.7. The van der Waals surface area contributed by atoms with Gasteiger partial charge in [0.05, 0.1) is 12.3 Å². The van der Waals surface area contributed by atoms with Gasteiger partial charge in [0.25, 0.3) is 0 Å². The number of anilines is 1. The van der Waals surface area contributed by atoms with Gasteiger partial charge in [-0.05, 0) is 38.8 Å². The highest BCUT2D eigenvalue weighted by molar-refractivity contribution is 6.65. The standard InChI is InChI=1S/C16H20N4O5/c1-5-25-16(23)13(20-24)11(4)18-19-15(22)14(21)17-12-9(2)7-6-8-10(12)3/h6-8,24H,5H2,1-4H3,(H,17,21)(H,19,22)/b18-11+,20-13-. The summed E-state index contributed by atoms with van der Waals surface area (Å²) in [6.45, 7) is 6.57. The Labute approximate surface area is 144 Å². The second-order valence-corrected chi connectivity index (χ2v) is 5.03. The molecule has 3 N–H and O–H groups in total. The van der Waals surface area contributed by atoms with Gasteiger partial charge in [-0.3, -0.25) is 9.59 Å². The second-order valence-electron chi connectivity index (χ2n) is 5.03. The Bertz CT molecular complexity index is 720. The Balaban J connectivity index is 2.78. The predicted molar refractivity (Wildman–Crippen MR) is 91.7 cm³/mol. The summed E-state index contributed by atoms with van der Waals surface area (Å²) in [5.41, 5.74) is 3.54. The zero-order valence-electron chi connectivity index (χ0n) is 14.4. The molecule has 1 rings (SSSR count). The molecule has 0 atom stereocenters. The highest BCUT2D eigenvalue weighted by Gasteiger charge is 2.19. The van der Waals surface area contributed by atoms with Crippen LogP contribution in [0.15, 0.2) is 28.5 Å². The van der Waals surface area contributed by atoms with Crippen LogP contribution in [-0.4, -0.2) is 41.0 Å². The summed E-state index contributed by atoms with van der Waals surface area (Å²) in [4.78, 5) is 35.3. The van der Waals surface area contributed by atoms with Crippen molar-refractivity contribution in [2.75, 3.05) is 11.9 Å². The molecule has 0 aliphatic carbocycles. The molecule has 0 aliphatic rings. The van der Waals surface area contributed by atoms with Crippen LogP contribution < -0.4 is 10.7 Å². The van der Waals surface area contributed by atoms with Crippen molar-refractivity contribution in [3.63, 3.8) is 0 Å². The number of benzene rings is 1. The van der Waals surface area contributed by atoms with Crippen LogP contribution >= 0.6 is 0 Å². The van der Waals surface area contributed by atoms with Crippen molar-refractivity contribution in [1.82, 2.24) is 5.43 Å². The Morgan fingerprint density at radius 3 is 2.28 bits per heavy atom. The van der Waals surface area contributed by atoms with E-state index in [0.29, 0.717) is 5.69 Å². The van der Waals surface area contributed by atoms with Crippen molar-refractivity contribution in [2.45, 2.75) is 27.7 Å². The lowest BCUT2D eigenvalue weighted by Crippen LogP contribution is -2.34. The van der Waals surface area contributed by atoms with Crippen LogP contribution in [0.1, 0.15) is 25.0 Å². The zero-order chi connectivity index (χ0) is 19.0. The fourth-order valence-electron chi connectivity index (χ4n) is 1.88. The third-order valence-corrected chi connectivity index (χ3v) is 3.16. The number of amides is 2. The average molecular weight is 348 g/mol. The summed E-state index contributed by atoms with van der Waals surface area (Å²) >= 11 is 0. The lowest BCUT2D eigenvalue weighted by molar-refractivity contribution is -0.136. The molecular formula is C16H20N4O5. The largest absolute Gasteiger partial charge is 0.461 e. The second kappa shape index (κ2) is 9.16. The fraction of sp³-hybridized carbons (Fsp3) is 0.312. The van der Waals surface area contributed by atoms with E-state index in [1.807, 2.05) is 11.5 Å². The molecule has 0 spiro atoms. The lowest BCUT2D eigenvalue weighted by atomic mass is 10.1. The molecule has 0 fully saturated rings. The first-order valence-corrected chi connectivity index (χ1v) is 7.43. The number of esters is 1. The maximum absolute atomic E-state index is 11.9. The van der Waals surface area contributed by atoms with Gasteiger partial charge in [0.15, 0.2) is 0 Å². The number of nitrogens with one attached hydrogen (secondary N) is 2. The topological polar surface area (TPSA) is 129 Å². The number of oxime groups is 1. The van der Waals surface area contributed by atoms with Crippen LogP contribution in [0.4, 0.5) is 5.69 Å². The summed E-state index contributed by atoms with van der Waals surface area (Å²) in [7, 11) is 0. The minimum atomic E-state index is -1.04. The molecule has 0 saturated heterocycles. The molecule has 2 amide bonds. The number of rotatable bonds is 5. The molecule has 134 valence electrons. The number of hydrazone groups is 1. The van der Waals surface area contributed by atoms with Gasteiger partial charge in [-0.2, -0.15) is 5.10 Å². The number of carbonyl (C=O) groups excluding carboxylic acids is 3. The third-order valence-electron chi connectivity index (χ3n) is 3.16. The number of aryl methyl sites for hydroxylation is 2. The number of nitrogens with zero attached hydrogens (tertiary/aromatic N) is 2. The first-order chi connectivity index (χ1) is 11.8. The van der Waals surface area contributed by atoms with Gasteiger partial charge in [0.2, 0.25) is 5.71 Å². The summed E-state index contributed by atoms with van der Waals surface area (Å²) in [6.07, 6.45) is 0. The quantitative estimate of drug-likeness (QED) is 0.241. The van der Waals surface area contributed by atoms with Crippen LogP contribution in [0.2, 0.25) is 0 Å². The lowest BCUT2D eigenvalue weighted by Gasteiger charge is -2.10. The van der Waals surface area contributed by atoms with E-state index >= 15 is 0 Å². The number of para-hydroxylation sites is 1. The zero-order valence-corrected chi connectivity index (χ0v) is 14.4. The highest BCUT2D eigenvalue weighted by Crippen LogP contribution is 2.19. The number of carbonyl (C=O) groups is 3. The number of hydrogen-bond donors (Lipinski definition) is 3. The highest BCUT2D eigenvalue weighted by atomic mass is 16.5. The van der Waals surface area contributed by atoms with E-state index in [2.05, 4.69) is 20.3 Å². The molecule has 1 aromatic carbocycles. The van der Waals surface area contributed by atoms with E-state index in [1.165, 1.54) is 6.92 Å². The first kappa shape index (κ1) is 19.8. The summed E-state index contributed by atoms with van der Waals surface area (Å²) in [5, 5.41) is 17.7. The Kier molecular flexibility index (Phi) is 7.26. The van der Waals surface area contributed by atoms with Crippen LogP contribution in [0.5, 0.6) is 0 Å². The van der Waals surface area contributed by atoms with E-state index in [0.717, 1.165) is 11.1 Å². The van der Waals surface area contributed by atoms with E-state index in [4.69, 9.17) is 5.21 Å². The van der Waals surface area contributed by atoms with E-state index in [-0.39, 0.29) is 12.3 Å². The van der Waals surface area contributed by atoms with Crippen LogP contribution in [-0.2, 0) is 19.1 Å². The minimum Gasteiger partial charge on any atom is -0.461 e. The van der Waals surface area contributed by atoms with Crippen molar-refractivity contribution in [3.8, 4) is 0 Å². The molecule has 0 saturated carbocycles. The third kappa shape index (κ3) is 5.41. The predicted octanol–water partition coefficient (Wildman–Crippen LogP) is 1.13. The molecule has 0 radical (unpaired) electrons. The van der Waals surface area contributed by atoms with Crippen molar-refractivity contribution >= 4 is 34.9 Å². The Morgan fingerprint density at radius 2 is 1.76 bits per heavy atom. The van der Waals surface area contributed by atoms with Gasteiger partial charge in [-0.1, -0.05) is 23.4 Å².